The van der Waals surface area contributed by atoms with Gasteiger partial charge in [-0.05, 0) is 30.4 Å². The van der Waals surface area contributed by atoms with E-state index in [4.69, 9.17) is 5.11 Å². The highest BCUT2D eigenvalue weighted by Gasteiger charge is 2.28. The second kappa shape index (κ2) is 5.96. The Morgan fingerprint density at radius 2 is 2.24 bits per heavy atom. The van der Waals surface area contributed by atoms with E-state index < -0.39 is 21.7 Å². The van der Waals surface area contributed by atoms with E-state index in [9.17, 15) is 13.2 Å². The van der Waals surface area contributed by atoms with Crippen molar-refractivity contribution in [3.8, 4) is 0 Å². The van der Waals surface area contributed by atoms with Crippen LogP contribution in [0.4, 0.5) is 0 Å². The van der Waals surface area contributed by atoms with Crippen LogP contribution in [0.3, 0.4) is 0 Å². The van der Waals surface area contributed by atoms with Crippen LogP contribution >= 0.6 is 11.3 Å². The molecule has 3 N–H and O–H groups in total. The van der Waals surface area contributed by atoms with Gasteiger partial charge in [-0.25, -0.2) is 17.9 Å². The summed E-state index contributed by atoms with van der Waals surface area (Å²) >= 11 is 1.46. The summed E-state index contributed by atoms with van der Waals surface area (Å²) in [5, 5.41) is 16.8. The van der Waals surface area contributed by atoms with Gasteiger partial charge in [-0.15, -0.1) is 11.3 Å². The van der Waals surface area contributed by atoms with Crippen LogP contribution in [-0.4, -0.2) is 29.7 Å². The number of thiophene rings is 1. The van der Waals surface area contributed by atoms with Gasteiger partial charge >= 0.3 is 5.97 Å². The molecule has 0 saturated heterocycles. The normalized spacial score (nSPS) is 11.7. The standard InChI is InChI=1S/C12H15N3O4S2/c1-3-8-4-5-20-9(8)6-13-21(18,19)11-7(2)14-15-10(11)12(16)17/h4-5,13H,3,6H2,1-2H3,(H,14,15)(H,16,17). The molecule has 114 valence electrons. The Kier molecular flexibility index (Phi) is 4.45. The molecule has 0 spiro atoms. The lowest BCUT2D eigenvalue weighted by molar-refractivity contribution is 0.0686. The smallest absolute Gasteiger partial charge is 0.357 e. The molecule has 0 aromatic carbocycles. The third-order valence-electron chi connectivity index (χ3n) is 3.00. The number of carboxylic acid groups (broad SMARTS) is 1. The second-order valence-corrected chi connectivity index (χ2v) is 7.08. The van der Waals surface area contributed by atoms with Crippen LogP contribution in [-0.2, 0) is 23.0 Å². The largest absolute Gasteiger partial charge is 0.476 e. The number of sulfonamides is 1. The minimum Gasteiger partial charge on any atom is -0.476 e. The average molecular weight is 329 g/mol. The zero-order valence-corrected chi connectivity index (χ0v) is 13.1. The predicted octanol–water partition coefficient (Wildman–Crippen LogP) is 1.52. The lowest BCUT2D eigenvalue weighted by Crippen LogP contribution is -2.25. The number of aromatic nitrogens is 2. The number of nitrogens with one attached hydrogen (secondary N) is 2. The SMILES string of the molecule is CCc1ccsc1CNS(=O)(=O)c1c(C(=O)O)n[nH]c1C. The molecule has 0 saturated carbocycles. The highest BCUT2D eigenvalue weighted by molar-refractivity contribution is 7.89. The number of carbonyl (C=O) groups is 1. The van der Waals surface area contributed by atoms with Gasteiger partial charge in [-0.3, -0.25) is 5.10 Å². The molecular formula is C12H15N3O4S2. The fourth-order valence-corrected chi connectivity index (χ4v) is 4.28. The molecule has 9 heteroatoms. The number of rotatable bonds is 6. The number of H-pyrrole nitrogens is 1. The lowest BCUT2D eigenvalue weighted by Gasteiger charge is -2.07. The fraction of sp³-hybridized carbons (Fsp3) is 0.333. The van der Waals surface area contributed by atoms with Gasteiger partial charge in [0.15, 0.2) is 5.69 Å². The van der Waals surface area contributed by atoms with Gasteiger partial charge in [-0.2, -0.15) is 5.10 Å². The van der Waals surface area contributed by atoms with E-state index in [1.165, 1.54) is 18.3 Å². The van der Waals surface area contributed by atoms with Gasteiger partial charge in [-0.1, -0.05) is 6.92 Å². The number of hydrogen-bond donors (Lipinski definition) is 3. The molecule has 0 amide bonds. The van der Waals surface area contributed by atoms with Crippen LogP contribution in [0.25, 0.3) is 0 Å². The Morgan fingerprint density at radius 1 is 1.52 bits per heavy atom. The number of aromatic amines is 1. The molecule has 7 nitrogen and oxygen atoms in total. The van der Waals surface area contributed by atoms with E-state index in [-0.39, 0.29) is 17.1 Å². The van der Waals surface area contributed by atoms with Crippen molar-refractivity contribution in [1.29, 1.82) is 0 Å². The lowest BCUT2D eigenvalue weighted by atomic mass is 10.2. The maximum Gasteiger partial charge on any atom is 0.357 e. The fourth-order valence-electron chi connectivity index (χ4n) is 1.96. The number of nitrogens with zero attached hydrogens (tertiary/aromatic N) is 1. The van der Waals surface area contributed by atoms with Gasteiger partial charge in [0.1, 0.15) is 4.90 Å². The molecule has 2 aromatic rings. The van der Waals surface area contributed by atoms with Crippen molar-refractivity contribution in [2.24, 2.45) is 0 Å². The number of aryl methyl sites for hydroxylation is 2. The monoisotopic (exact) mass is 329 g/mol. The van der Waals surface area contributed by atoms with E-state index in [2.05, 4.69) is 14.9 Å². The van der Waals surface area contributed by atoms with E-state index in [0.29, 0.717) is 0 Å². The first kappa shape index (κ1) is 15.7. The Hall–Kier alpha value is -1.71. The third-order valence-corrected chi connectivity index (χ3v) is 5.53. The van der Waals surface area contributed by atoms with Crippen LogP contribution in [0.1, 0.15) is 33.5 Å². The minimum absolute atomic E-state index is 0.132. The second-order valence-electron chi connectivity index (χ2n) is 4.38. The van der Waals surface area contributed by atoms with Crippen molar-refractivity contribution >= 4 is 27.3 Å². The summed E-state index contributed by atoms with van der Waals surface area (Å²) in [5.74, 6) is -1.38. The Balaban J connectivity index is 2.27. The van der Waals surface area contributed by atoms with Gasteiger partial charge in [0, 0.05) is 11.4 Å². The molecule has 2 rings (SSSR count). The van der Waals surface area contributed by atoms with Crippen LogP contribution < -0.4 is 4.72 Å². The molecule has 0 bridgehead atoms. The molecule has 0 aliphatic rings. The first-order chi connectivity index (χ1) is 9.86. The zero-order valence-electron chi connectivity index (χ0n) is 11.5. The van der Waals surface area contributed by atoms with E-state index in [1.54, 1.807) is 0 Å². The summed E-state index contributed by atoms with van der Waals surface area (Å²) in [6, 6.07) is 1.94. The summed E-state index contributed by atoms with van der Waals surface area (Å²) in [5.41, 5.74) is 0.772. The van der Waals surface area contributed by atoms with Crippen molar-refractivity contribution in [3.05, 3.63) is 33.3 Å². The van der Waals surface area contributed by atoms with Crippen LogP contribution in [0.2, 0.25) is 0 Å². The van der Waals surface area contributed by atoms with Crippen molar-refractivity contribution in [2.75, 3.05) is 0 Å². The zero-order chi connectivity index (χ0) is 15.6. The topological polar surface area (TPSA) is 112 Å². The molecular weight excluding hydrogens is 314 g/mol. The molecule has 0 atom stereocenters. The first-order valence-corrected chi connectivity index (χ1v) is 8.56. The Morgan fingerprint density at radius 3 is 2.86 bits per heavy atom. The van der Waals surface area contributed by atoms with Crippen molar-refractivity contribution in [3.63, 3.8) is 0 Å². The van der Waals surface area contributed by atoms with Gasteiger partial charge < -0.3 is 5.11 Å². The summed E-state index contributed by atoms with van der Waals surface area (Å²) in [6.45, 7) is 3.59. The van der Waals surface area contributed by atoms with Crippen molar-refractivity contribution < 1.29 is 18.3 Å². The summed E-state index contributed by atoms with van der Waals surface area (Å²) in [4.78, 5) is 11.6. The van der Waals surface area contributed by atoms with Crippen LogP contribution in [0.5, 0.6) is 0 Å². The van der Waals surface area contributed by atoms with Crippen molar-refractivity contribution in [1.82, 2.24) is 14.9 Å². The number of hydrogen-bond acceptors (Lipinski definition) is 5. The molecule has 2 heterocycles. The minimum atomic E-state index is -3.94. The van der Waals surface area contributed by atoms with Gasteiger partial charge in [0.05, 0.1) is 5.69 Å². The number of aromatic carboxylic acids is 1. The number of carboxylic acids is 1. The predicted molar refractivity (Wildman–Crippen MR) is 78.0 cm³/mol. The molecule has 0 aliphatic carbocycles. The maximum atomic E-state index is 12.3. The van der Waals surface area contributed by atoms with Gasteiger partial charge in [0.25, 0.3) is 0 Å². The molecule has 0 fully saturated rings. The van der Waals surface area contributed by atoms with E-state index in [1.807, 2.05) is 18.4 Å². The van der Waals surface area contributed by atoms with E-state index in [0.717, 1.165) is 16.9 Å². The van der Waals surface area contributed by atoms with Crippen LogP contribution in [0.15, 0.2) is 16.3 Å². The first-order valence-electron chi connectivity index (χ1n) is 6.20. The summed E-state index contributed by atoms with van der Waals surface area (Å²) in [6.07, 6.45) is 0.811. The molecule has 0 aliphatic heterocycles. The van der Waals surface area contributed by atoms with Crippen LogP contribution in [0, 0.1) is 6.92 Å². The highest BCUT2D eigenvalue weighted by atomic mass is 32.2. The molecule has 21 heavy (non-hydrogen) atoms. The maximum absolute atomic E-state index is 12.3. The molecule has 0 radical (unpaired) electrons. The Bertz CT molecular complexity index is 761. The Labute approximate surface area is 126 Å². The van der Waals surface area contributed by atoms with E-state index >= 15 is 0 Å². The molecule has 2 aromatic heterocycles. The summed E-state index contributed by atoms with van der Waals surface area (Å²) in [7, 11) is -3.94. The van der Waals surface area contributed by atoms with Crippen molar-refractivity contribution in [2.45, 2.75) is 31.7 Å². The van der Waals surface area contributed by atoms with Gasteiger partial charge in [0.2, 0.25) is 10.0 Å². The average Bonchev–Trinajstić information content (AvgIpc) is 3.02. The highest BCUT2D eigenvalue weighted by Crippen LogP contribution is 2.20. The third kappa shape index (κ3) is 3.14. The summed E-state index contributed by atoms with van der Waals surface area (Å²) < 4.78 is 27.0. The quantitative estimate of drug-likeness (QED) is 0.744. The molecule has 0 unspecified atom stereocenters.